The fraction of sp³-hybridized carbons (Fsp3) is 0.250. The predicted molar refractivity (Wildman–Crippen MR) is 45.5 cm³/mol. The summed E-state index contributed by atoms with van der Waals surface area (Å²) in [6, 6.07) is 4.98. The Morgan fingerprint density at radius 3 is 1.92 bits per heavy atom. The highest BCUT2D eigenvalue weighted by Crippen LogP contribution is 1.73. The van der Waals surface area contributed by atoms with Crippen molar-refractivity contribution in [3.05, 3.63) is 30.6 Å². The van der Waals surface area contributed by atoms with Gasteiger partial charge in [0.05, 0.1) is 0 Å². The van der Waals surface area contributed by atoms with Crippen LogP contribution in [0.2, 0.25) is 0 Å². The standard InChI is InChI=1S/C5H5N.C3H7NO2/c1-2-4-6-5-3-1;1-2(4)3(5)6/h1-5H;2H,4H2,1H3,(H,5,6)/t;2-/m.0/s1. The molecule has 1 rings (SSSR count). The molecule has 0 aliphatic heterocycles. The fourth-order valence-electron chi connectivity index (χ4n) is 0.313. The highest BCUT2D eigenvalue weighted by molar-refractivity contribution is 5.72. The van der Waals surface area contributed by atoms with Crippen molar-refractivity contribution in [2.75, 3.05) is 0 Å². The molecule has 0 saturated heterocycles. The maximum Gasteiger partial charge on any atom is 0.320 e. The monoisotopic (exact) mass is 168 g/mol. The lowest BCUT2D eigenvalue weighted by molar-refractivity contribution is -0.138. The molecule has 1 heterocycles. The van der Waals surface area contributed by atoms with Gasteiger partial charge in [0.15, 0.2) is 0 Å². The van der Waals surface area contributed by atoms with Gasteiger partial charge in [-0.2, -0.15) is 0 Å². The summed E-state index contributed by atoms with van der Waals surface area (Å²) < 4.78 is 0. The van der Waals surface area contributed by atoms with Crippen molar-refractivity contribution < 1.29 is 9.90 Å². The van der Waals surface area contributed by atoms with Crippen LogP contribution in [-0.2, 0) is 4.79 Å². The third kappa shape index (κ3) is 6.70. The first kappa shape index (κ1) is 10.6. The Kier molecular flexibility index (Phi) is 5.55. The maximum absolute atomic E-state index is 9.57. The zero-order chi connectivity index (χ0) is 9.40. The first-order chi connectivity index (χ1) is 5.64. The number of carboxylic acids is 1. The highest BCUT2D eigenvalue weighted by atomic mass is 16.4. The van der Waals surface area contributed by atoms with Crippen LogP contribution in [0.4, 0.5) is 0 Å². The Bertz CT molecular complexity index is 185. The number of pyridine rings is 1. The molecule has 66 valence electrons. The SMILES string of the molecule is C[C@H](N)C(=O)O.c1ccncc1. The van der Waals surface area contributed by atoms with E-state index < -0.39 is 12.0 Å². The first-order valence-corrected chi connectivity index (χ1v) is 3.48. The average Bonchev–Trinajstić information content (AvgIpc) is 2.08. The molecule has 0 aromatic carbocycles. The van der Waals surface area contributed by atoms with E-state index in [-0.39, 0.29) is 0 Å². The minimum atomic E-state index is -0.963. The summed E-state index contributed by atoms with van der Waals surface area (Å²) in [6.45, 7) is 1.42. The molecule has 0 unspecified atom stereocenters. The summed E-state index contributed by atoms with van der Waals surface area (Å²) in [7, 11) is 0. The van der Waals surface area contributed by atoms with Crippen LogP contribution in [0.15, 0.2) is 30.6 Å². The Labute approximate surface area is 71.0 Å². The number of nitrogens with zero attached hydrogens (tertiary/aromatic N) is 1. The fourth-order valence-corrected chi connectivity index (χ4v) is 0.313. The molecule has 1 atom stereocenters. The summed E-state index contributed by atoms with van der Waals surface area (Å²) in [5.41, 5.74) is 4.84. The van der Waals surface area contributed by atoms with Crippen LogP contribution < -0.4 is 5.73 Å². The van der Waals surface area contributed by atoms with Crippen LogP contribution in [0.5, 0.6) is 0 Å². The van der Waals surface area contributed by atoms with Gasteiger partial charge in [0.1, 0.15) is 6.04 Å². The number of aliphatic carboxylic acids is 1. The lowest BCUT2D eigenvalue weighted by Crippen LogP contribution is -2.25. The predicted octanol–water partition coefficient (Wildman–Crippen LogP) is 0.500. The topological polar surface area (TPSA) is 76.2 Å². The molecule has 3 N–H and O–H groups in total. The quantitative estimate of drug-likeness (QED) is 0.640. The van der Waals surface area contributed by atoms with Crippen molar-refractivity contribution in [1.29, 1.82) is 0 Å². The number of nitrogens with two attached hydrogens (primary N) is 1. The molecule has 0 radical (unpaired) electrons. The normalized spacial score (nSPS) is 10.8. The third-order valence-electron chi connectivity index (χ3n) is 0.956. The molecule has 0 bridgehead atoms. The van der Waals surface area contributed by atoms with Crippen LogP contribution in [0, 0.1) is 0 Å². The van der Waals surface area contributed by atoms with E-state index in [1.807, 2.05) is 18.2 Å². The molecule has 12 heavy (non-hydrogen) atoms. The number of aromatic nitrogens is 1. The van der Waals surface area contributed by atoms with E-state index in [2.05, 4.69) is 4.98 Å². The number of carboxylic acid groups (broad SMARTS) is 1. The van der Waals surface area contributed by atoms with E-state index in [0.29, 0.717) is 0 Å². The van der Waals surface area contributed by atoms with Crippen LogP contribution in [0.1, 0.15) is 6.92 Å². The molecule has 0 aliphatic carbocycles. The van der Waals surface area contributed by atoms with Gasteiger partial charge in [-0.1, -0.05) is 6.07 Å². The van der Waals surface area contributed by atoms with E-state index in [0.717, 1.165) is 0 Å². The van der Waals surface area contributed by atoms with Crippen LogP contribution in [-0.4, -0.2) is 22.1 Å². The van der Waals surface area contributed by atoms with Crippen molar-refractivity contribution in [3.8, 4) is 0 Å². The molecule has 1 aromatic rings. The highest BCUT2D eigenvalue weighted by Gasteiger charge is 1.99. The van der Waals surface area contributed by atoms with Gasteiger partial charge in [0, 0.05) is 12.4 Å². The molecule has 0 fully saturated rings. The summed E-state index contributed by atoms with van der Waals surface area (Å²) in [5.74, 6) is -0.963. The van der Waals surface area contributed by atoms with Gasteiger partial charge in [-0.25, -0.2) is 0 Å². The molecular weight excluding hydrogens is 156 g/mol. The van der Waals surface area contributed by atoms with Gasteiger partial charge in [-0.3, -0.25) is 9.78 Å². The molecular formula is C8H12N2O2. The number of hydrogen-bond acceptors (Lipinski definition) is 3. The largest absolute Gasteiger partial charge is 0.480 e. The van der Waals surface area contributed by atoms with E-state index in [4.69, 9.17) is 10.8 Å². The van der Waals surface area contributed by atoms with E-state index >= 15 is 0 Å². The van der Waals surface area contributed by atoms with Gasteiger partial charge in [0.25, 0.3) is 0 Å². The average molecular weight is 168 g/mol. The summed E-state index contributed by atoms with van der Waals surface area (Å²) in [6.07, 6.45) is 3.50. The molecule has 4 nitrogen and oxygen atoms in total. The van der Waals surface area contributed by atoms with Crippen LogP contribution in [0.25, 0.3) is 0 Å². The van der Waals surface area contributed by atoms with Crippen molar-refractivity contribution in [1.82, 2.24) is 4.98 Å². The van der Waals surface area contributed by atoms with Gasteiger partial charge >= 0.3 is 5.97 Å². The molecule has 4 heteroatoms. The zero-order valence-electron chi connectivity index (χ0n) is 6.84. The van der Waals surface area contributed by atoms with Crippen LogP contribution in [0.3, 0.4) is 0 Å². The van der Waals surface area contributed by atoms with Crippen molar-refractivity contribution in [3.63, 3.8) is 0 Å². The van der Waals surface area contributed by atoms with Gasteiger partial charge in [-0.15, -0.1) is 0 Å². The van der Waals surface area contributed by atoms with E-state index in [9.17, 15) is 4.79 Å². The van der Waals surface area contributed by atoms with Crippen molar-refractivity contribution >= 4 is 5.97 Å². The molecule has 0 saturated carbocycles. The van der Waals surface area contributed by atoms with Gasteiger partial charge < -0.3 is 10.8 Å². The Balaban J connectivity index is 0.000000202. The second kappa shape index (κ2) is 6.30. The number of hydrogen-bond donors (Lipinski definition) is 2. The summed E-state index contributed by atoms with van der Waals surface area (Å²) in [4.78, 5) is 13.4. The Hall–Kier alpha value is -1.42. The minimum absolute atomic E-state index is 0.731. The smallest absolute Gasteiger partial charge is 0.320 e. The maximum atomic E-state index is 9.57. The molecule has 0 amide bonds. The lowest BCUT2D eigenvalue weighted by Gasteiger charge is -1.90. The third-order valence-corrected chi connectivity index (χ3v) is 0.956. The van der Waals surface area contributed by atoms with Gasteiger partial charge in [0.2, 0.25) is 0 Å². The van der Waals surface area contributed by atoms with Crippen LogP contribution >= 0.6 is 0 Å². The molecule has 1 aromatic heterocycles. The molecule has 0 aliphatic rings. The second-order valence-corrected chi connectivity index (χ2v) is 2.15. The van der Waals surface area contributed by atoms with Crippen molar-refractivity contribution in [2.24, 2.45) is 5.73 Å². The Morgan fingerprint density at radius 2 is 1.83 bits per heavy atom. The first-order valence-electron chi connectivity index (χ1n) is 3.48. The number of rotatable bonds is 1. The Morgan fingerprint density at radius 1 is 1.42 bits per heavy atom. The van der Waals surface area contributed by atoms with E-state index in [1.54, 1.807) is 12.4 Å². The van der Waals surface area contributed by atoms with E-state index in [1.165, 1.54) is 6.92 Å². The minimum Gasteiger partial charge on any atom is -0.480 e. The second-order valence-electron chi connectivity index (χ2n) is 2.15. The zero-order valence-corrected chi connectivity index (χ0v) is 6.84. The molecule has 0 spiro atoms. The lowest BCUT2D eigenvalue weighted by atomic mass is 10.4. The van der Waals surface area contributed by atoms with Gasteiger partial charge in [-0.05, 0) is 19.1 Å². The summed E-state index contributed by atoms with van der Waals surface area (Å²) in [5, 5.41) is 7.87. The number of carbonyl (C=O) groups is 1. The summed E-state index contributed by atoms with van der Waals surface area (Å²) >= 11 is 0. The van der Waals surface area contributed by atoms with Crippen molar-refractivity contribution in [2.45, 2.75) is 13.0 Å².